The highest BCUT2D eigenvalue weighted by Gasteiger charge is 2.47. The van der Waals surface area contributed by atoms with Crippen LogP contribution in [0, 0.1) is 5.82 Å². The molecule has 0 spiro atoms. The Kier molecular flexibility index (Phi) is 6.06. The zero-order valence-electron chi connectivity index (χ0n) is 16.2. The number of carbonyl (C=O) groups excluding carboxylic acids is 1. The standard InChI is InChI=1S/C22H26FN3O3/c23-16-7-4-8-17(12-16)29-19-13-18(25-22(28)15-6-5-9-24-14-15)20(21(19)27)26-10-2-1-3-11-26/h4-9,12,14,18-21,27H,1-3,10-11,13H2,(H,25,28)/t18-,19-,20+,21+/m1/s1. The first-order valence-corrected chi connectivity index (χ1v) is 10.2. The highest BCUT2D eigenvalue weighted by molar-refractivity contribution is 5.94. The summed E-state index contributed by atoms with van der Waals surface area (Å²) in [5, 5.41) is 14.1. The second-order valence-corrected chi connectivity index (χ2v) is 7.75. The van der Waals surface area contributed by atoms with Gasteiger partial charge in [-0.05, 0) is 50.2 Å². The number of nitrogens with zero attached hydrogens (tertiary/aromatic N) is 2. The van der Waals surface area contributed by atoms with E-state index >= 15 is 0 Å². The lowest BCUT2D eigenvalue weighted by Gasteiger charge is -2.37. The summed E-state index contributed by atoms with van der Waals surface area (Å²) in [5.41, 5.74) is 0.480. The Morgan fingerprint density at radius 1 is 1.21 bits per heavy atom. The molecule has 1 saturated carbocycles. The fourth-order valence-electron chi connectivity index (χ4n) is 4.40. The fourth-order valence-corrected chi connectivity index (χ4v) is 4.40. The van der Waals surface area contributed by atoms with Crippen molar-refractivity contribution in [2.75, 3.05) is 13.1 Å². The van der Waals surface area contributed by atoms with Crippen LogP contribution in [0.25, 0.3) is 0 Å². The Bertz CT molecular complexity index is 829. The zero-order valence-corrected chi connectivity index (χ0v) is 16.2. The van der Waals surface area contributed by atoms with Gasteiger partial charge in [0.25, 0.3) is 5.91 Å². The van der Waals surface area contributed by atoms with Crippen LogP contribution in [-0.4, -0.2) is 58.3 Å². The average molecular weight is 399 g/mol. The molecule has 1 aromatic heterocycles. The van der Waals surface area contributed by atoms with Crippen molar-refractivity contribution in [3.05, 3.63) is 60.2 Å². The van der Waals surface area contributed by atoms with E-state index in [1.165, 1.54) is 24.8 Å². The van der Waals surface area contributed by atoms with Gasteiger partial charge in [0, 0.05) is 24.9 Å². The number of ether oxygens (including phenoxy) is 1. The number of nitrogens with one attached hydrogen (secondary N) is 1. The van der Waals surface area contributed by atoms with E-state index in [0.717, 1.165) is 25.9 Å². The van der Waals surface area contributed by atoms with Crippen LogP contribution in [0.1, 0.15) is 36.0 Å². The molecule has 2 heterocycles. The molecule has 4 rings (SSSR count). The summed E-state index contributed by atoms with van der Waals surface area (Å²) in [4.78, 5) is 19.0. The highest BCUT2D eigenvalue weighted by atomic mass is 19.1. The van der Waals surface area contributed by atoms with Gasteiger partial charge in [-0.15, -0.1) is 0 Å². The molecule has 29 heavy (non-hydrogen) atoms. The van der Waals surface area contributed by atoms with Crippen LogP contribution in [0.5, 0.6) is 5.75 Å². The lowest BCUT2D eigenvalue weighted by atomic mass is 10.0. The Morgan fingerprint density at radius 2 is 2.03 bits per heavy atom. The molecule has 2 fully saturated rings. The van der Waals surface area contributed by atoms with E-state index in [-0.39, 0.29) is 23.8 Å². The number of hydrogen-bond acceptors (Lipinski definition) is 5. The maximum Gasteiger partial charge on any atom is 0.253 e. The highest BCUT2D eigenvalue weighted by Crippen LogP contribution is 2.31. The monoisotopic (exact) mass is 399 g/mol. The topological polar surface area (TPSA) is 74.7 Å². The van der Waals surface area contributed by atoms with Crippen LogP contribution in [0.3, 0.4) is 0 Å². The van der Waals surface area contributed by atoms with E-state index in [4.69, 9.17) is 4.74 Å². The molecule has 154 valence electrons. The van der Waals surface area contributed by atoms with Crippen molar-refractivity contribution in [1.82, 2.24) is 15.2 Å². The van der Waals surface area contributed by atoms with Gasteiger partial charge in [-0.25, -0.2) is 4.39 Å². The minimum atomic E-state index is -0.782. The quantitative estimate of drug-likeness (QED) is 0.808. The molecule has 1 aromatic carbocycles. The molecule has 0 unspecified atom stereocenters. The van der Waals surface area contributed by atoms with E-state index in [9.17, 15) is 14.3 Å². The third-order valence-electron chi connectivity index (χ3n) is 5.77. The molecule has 7 heteroatoms. The first-order chi connectivity index (χ1) is 14.1. The molecule has 6 nitrogen and oxygen atoms in total. The smallest absolute Gasteiger partial charge is 0.253 e. The van der Waals surface area contributed by atoms with Crippen LogP contribution < -0.4 is 10.1 Å². The van der Waals surface area contributed by atoms with E-state index in [1.54, 1.807) is 30.5 Å². The molecule has 2 N–H and O–H groups in total. The van der Waals surface area contributed by atoms with Gasteiger partial charge in [0.15, 0.2) is 0 Å². The molecule has 0 radical (unpaired) electrons. The lowest BCUT2D eigenvalue weighted by Crippen LogP contribution is -2.54. The summed E-state index contributed by atoms with van der Waals surface area (Å²) in [6, 6.07) is 8.84. The Balaban J connectivity index is 1.52. The lowest BCUT2D eigenvalue weighted by molar-refractivity contribution is 0.00137. The molecular weight excluding hydrogens is 373 g/mol. The van der Waals surface area contributed by atoms with Crippen LogP contribution in [0.15, 0.2) is 48.8 Å². The number of benzene rings is 1. The predicted molar refractivity (Wildman–Crippen MR) is 106 cm³/mol. The first-order valence-electron chi connectivity index (χ1n) is 10.2. The first kappa shape index (κ1) is 19.8. The van der Waals surface area contributed by atoms with Gasteiger partial charge >= 0.3 is 0 Å². The number of rotatable bonds is 5. The summed E-state index contributed by atoms with van der Waals surface area (Å²) in [5.74, 6) is -0.224. The summed E-state index contributed by atoms with van der Waals surface area (Å²) in [6.45, 7) is 1.77. The van der Waals surface area contributed by atoms with Gasteiger partial charge < -0.3 is 15.2 Å². The van der Waals surface area contributed by atoms with E-state index in [1.807, 2.05) is 0 Å². The van der Waals surface area contributed by atoms with Crippen LogP contribution in [0.4, 0.5) is 4.39 Å². The van der Waals surface area contributed by atoms with Crippen LogP contribution in [-0.2, 0) is 0 Å². The maximum atomic E-state index is 13.5. The summed E-state index contributed by atoms with van der Waals surface area (Å²) < 4.78 is 19.5. The molecule has 1 aliphatic heterocycles. The van der Waals surface area contributed by atoms with Crippen molar-refractivity contribution in [2.24, 2.45) is 0 Å². The third-order valence-corrected chi connectivity index (χ3v) is 5.77. The largest absolute Gasteiger partial charge is 0.487 e. The number of halogens is 1. The minimum absolute atomic E-state index is 0.219. The molecule has 2 aromatic rings. The van der Waals surface area contributed by atoms with Gasteiger partial charge in [0.05, 0.1) is 17.6 Å². The van der Waals surface area contributed by atoms with E-state index < -0.39 is 12.2 Å². The summed E-state index contributed by atoms with van der Waals surface area (Å²) in [7, 11) is 0. The normalized spacial score (nSPS) is 27.5. The zero-order chi connectivity index (χ0) is 20.2. The van der Waals surface area contributed by atoms with Crippen molar-refractivity contribution in [2.45, 2.75) is 50.0 Å². The van der Waals surface area contributed by atoms with Gasteiger partial charge in [-0.1, -0.05) is 12.5 Å². The van der Waals surface area contributed by atoms with Crippen LogP contribution >= 0.6 is 0 Å². The molecular formula is C22H26FN3O3. The molecule has 1 amide bonds. The predicted octanol–water partition coefficient (Wildman–Crippen LogP) is 2.39. The second-order valence-electron chi connectivity index (χ2n) is 7.75. The SMILES string of the molecule is O=C(N[C@@H]1C[C@@H](Oc2cccc(F)c2)[C@H](O)[C@H]1N1CCCCC1)c1cccnc1. The Hall–Kier alpha value is -2.51. The summed E-state index contributed by atoms with van der Waals surface area (Å²) >= 11 is 0. The van der Waals surface area contributed by atoms with Gasteiger partial charge in [0.1, 0.15) is 23.8 Å². The van der Waals surface area contributed by atoms with Gasteiger partial charge in [-0.3, -0.25) is 14.7 Å². The number of amides is 1. The van der Waals surface area contributed by atoms with Crippen LogP contribution in [0.2, 0.25) is 0 Å². The molecule has 0 bridgehead atoms. The van der Waals surface area contributed by atoms with Crippen molar-refractivity contribution < 1.29 is 19.0 Å². The number of aliphatic hydroxyl groups is 1. The second kappa shape index (κ2) is 8.88. The van der Waals surface area contributed by atoms with Crippen molar-refractivity contribution in [3.63, 3.8) is 0 Å². The number of piperidine rings is 1. The van der Waals surface area contributed by atoms with Gasteiger partial charge in [0.2, 0.25) is 0 Å². The molecule has 2 aliphatic rings. The number of pyridine rings is 1. The van der Waals surface area contributed by atoms with E-state index in [2.05, 4.69) is 15.2 Å². The third kappa shape index (κ3) is 4.57. The molecule has 4 atom stereocenters. The average Bonchev–Trinajstić information content (AvgIpc) is 3.04. The number of carbonyl (C=O) groups is 1. The number of likely N-dealkylation sites (tertiary alicyclic amines) is 1. The summed E-state index contributed by atoms with van der Waals surface area (Å²) in [6.07, 6.45) is 5.61. The van der Waals surface area contributed by atoms with Crippen molar-refractivity contribution in [3.8, 4) is 5.75 Å². The maximum absolute atomic E-state index is 13.5. The van der Waals surface area contributed by atoms with Crippen molar-refractivity contribution in [1.29, 1.82) is 0 Å². The van der Waals surface area contributed by atoms with Crippen molar-refractivity contribution >= 4 is 5.91 Å². The molecule has 1 aliphatic carbocycles. The molecule has 1 saturated heterocycles. The number of aromatic nitrogens is 1. The van der Waals surface area contributed by atoms with Gasteiger partial charge in [-0.2, -0.15) is 0 Å². The number of hydrogen-bond donors (Lipinski definition) is 2. The minimum Gasteiger partial charge on any atom is -0.487 e. The fraction of sp³-hybridized carbons (Fsp3) is 0.455. The number of aliphatic hydroxyl groups excluding tert-OH is 1. The Morgan fingerprint density at radius 3 is 2.76 bits per heavy atom. The Labute approximate surface area is 169 Å². The van der Waals surface area contributed by atoms with E-state index in [0.29, 0.717) is 17.7 Å².